The third-order valence-electron chi connectivity index (χ3n) is 0.976. The zero-order valence-electron chi connectivity index (χ0n) is 4.74. The molecule has 0 aromatic heterocycles. The van der Waals surface area contributed by atoms with Crippen molar-refractivity contribution in [1.29, 1.82) is 0 Å². The summed E-state index contributed by atoms with van der Waals surface area (Å²) in [6.45, 7) is 0. The molecule has 1 nitrogen and oxygen atoms in total. The van der Waals surface area contributed by atoms with E-state index in [2.05, 4.69) is 12.6 Å². The molecule has 1 rings (SSSR count). The molecule has 0 aliphatic heterocycles. The second-order valence-electron chi connectivity index (χ2n) is 1.66. The zero-order chi connectivity index (χ0) is 6.69. The minimum atomic E-state index is -0.0386. The summed E-state index contributed by atoms with van der Waals surface area (Å²) in [6.07, 6.45) is 0. The van der Waals surface area contributed by atoms with Crippen molar-refractivity contribution in [3.05, 3.63) is 40.6 Å². The Morgan fingerprint density at radius 2 is 1.78 bits per heavy atom. The van der Waals surface area contributed by atoms with Crippen molar-refractivity contribution in [3.8, 4) is 0 Å². The second kappa shape index (κ2) is 2.69. The molecule has 2 heteroatoms. The Kier molecular flexibility index (Phi) is 1.90. The van der Waals surface area contributed by atoms with Gasteiger partial charge < -0.3 is 0 Å². The lowest BCUT2D eigenvalue weighted by Gasteiger charge is -1.73. The predicted octanol–water partition coefficient (Wildman–Crippen LogP) is 1.34. The van der Waals surface area contributed by atoms with Gasteiger partial charge in [0.1, 0.15) is 0 Å². The van der Waals surface area contributed by atoms with Crippen LogP contribution in [0, 0.1) is 0 Å². The highest BCUT2D eigenvalue weighted by Crippen LogP contribution is 1.93. The van der Waals surface area contributed by atoms with Gasteiger partial charge in [0.2, 0.25) is 0 Å². The molecule has 1 aromatic rings. The van der Waals surface area contributed by atoms with Gasteiger partial charge in [-0.15, -0.1) is 12.6 Å². The first-order chi connectivity index (χ1) is 4.30. The largest absolute Gasteiger partial charge is 0.289 e. The van der Waals surface area contributed by atoms with Crippen LogP contribution >= 0.6 is 12.6 Å². The number of thiol groups is 1. The molecule has 0 atom stereocenters. The Morgan fingerprint density at radius 3 is 2.56 bits per heavy atom. The third kappa shape index (κ3) is 1.57. The van der Waals surface area contributed by atoms with Crippen molar-refractivity contribution in [3.63, 3.8) is 0 Å². The lowest BCUT2D eigenvalue weighted by molar-refractivity contribution is 1.42. The SMILES string of the molecule is O=c1cccccc1S. The van der Waals surface area contributed by atoms with Gasteiger partial charge in [0, 0.05) is 0 Å². The molecule has 0 spiro atoms. The molecule has 0 aliphatic rings. The monoisotopic (exact) mass is 138 g/mol. The maximum Gasteiger partial charge on any atom is 0.191 e. The van der Waals surface area contributed by atoms with Crippen LogP contribution in [0.15, 0.2) is 40.0 Å². The Bertz CT molecular complexity index is 257. The van der Waals surface area contributed by atoms with E-state index in [1.165, 1.54) is 6.07 Å². The Hall–Kier alpha value is -0.760. The highest BCUT2D eigenvalue weighted by molar-refractivity contribution is 7.80. The van der Waals surface area contributed by atoms with Crippen molar-refractivity contribution in [2.45, 2.75) is 4.90 Å². The average molecular weight is 138 g/mol. The van der Waals surface area contributed by atoms with E-state index in [0.717, 1.165) is 0 Å². The highest BCUT2D eigenvalue weighted by atomic mass is 32.1. The second-order valence-corrected chi connectivity index (χ2v) is 2.14. The fourth-order valence-corrected chi connectivity index (χ4v) is 0.682. The molecular weight excluding hydrogens is 132 g/mol. The maximum atomic E-state index is 10.7. The van der Waals surface area contributed by atoms with Crippen LogP contribution in [0.5, 0.6) is 0 Å². The fourth-order valence-electron chi connectivity index (χ4n) is 0.521. The lowest BCUT2D eigenvalue weighted by atomic mass is 10.5. The molecule has 0 saturated carbocycles. The van der Waals surface area contributed by atoms with Crippen LogP contribution in [-0.2, 0) is 0 Å². The quantitative estimate of drug-likeness (QED) is 0.535. The molecule has 0 aliphatic carbocycles. The first-order valence-electron chi connectivity index (χ1n) is 2.59. The van der Waals surface area contributed by atoms with Crippen molar-refractivity contribution in [1.82, 2.24) is 0 Å². The van der Waals surface area contributed by atoms with Crippen LogP contribution in [0.1, 0.15) is 0 Å². The van der Waals surface area contributed by atoms with E-state index in [0.29, 0.717) is 4.90 Å². The average Bonchev–Trinajstić information content (AvgIpc) is 1.99. The van der Waals surface area contributed by atoms with E-state index < -0.39 is 0 Å². The molecule has 46 valence electrons. The van der Waals surface area contributed by atoms with Crippen LogP contribution in [0.2, 0.25) is 0 Å². The van der Waals surface area contributed by atoms with Gasteiger partial charge in [0.25, 0.3) is 0 Å². The van der Waals surface area contributed by atoms with E-state index in [1.807, 2.05) is 0 Å². The van der Waals surface area contributed by atoms with Gasteiger partial charge in [0.15, 0.2) is 5.43 Å². The van der Waals surface area contributed by atoms with E-state index in [4.69, 9.17) is 0 Å². The molecule has 0 radical (unpaired) electrons. The molecular formula is C7H6OS. The molecule has 0 bridgehead atoms. The Labute approximate surface area is 58.8 Å². The molecule has 0 unspecified atom stereocenters. The summed E-state index contributed by atoms with van der Waals surface area (Å²) in [6, 6.07) is 8.43. The maximum absolute atomic E-state index is 10.7. The van der Waals surface area contributed by atoms with E-state index in [1.54, 1.807) is 24.3 Å². The van der Waals surface area contributed by atoms with Gasteiger partial charge >= 0.3 is 0 Å². The molecule has 9 heavy (non-hydrogen) atoms. The van der Waals surface area contributed by atoms with E-state index in [9.17, 15) is 4.79 Å². The summed E-state index contributed by atoms with van der Waals surface area (Å²) in [7, 11) is 0. The number of hydrogen-bond acceptors (Lipinski definition) is 2. The van der Waals surface area contributed by atoms with Gasteiger partial charge in [-0.1, -0.05) is 18.2 Å². The Morgan fingerprint density at radius 1 is 1.11 bits per heavy atom. The van der Waals surface area contributed by atoms with Gasteiger partial charge in [-0.2, -0.15) is 0 Å². The summed E-state index contributed by atoms with van der Waals surface area (Å²) < 4.78 is 0. The van der Waals surface area contributed by atoms with Gasteiger partial charge in [-0.25, -0.2) is 0 Å². The predicted molar refractivity (Wildman–Crippen MR) is 40.0 cm³/mol. The minimum absolute atomic E-state index is 0.0386. The smallest absolute Gasteiger partial charge is 0.191 e. The standard InChI is InChI=1S/C7H6OS/c8-6-4-2-1-3-5-7(6)9/h1-5H,(H,8,9). The lowest BCUT2D eigenvalue weighted by Crippen LogP contribution is -1.93. The summed E-state index contributed by atoms with van der Waals surface area (Å²) in [5, 5.41) is 0. The summed E-state index contributed by atoms with van der Waals surface area (Å²) in [5.74, 6) is 0. The van der Waals surface area contributed by atoms with Crippen LogP contribution in [0.4, 0.5) is 0 Å². The molecule has 0 heterocycles. The molecule has 0 fully saturated rings. The van der Waals surface area contributed by atoms with E-state index >= 15 is 0 Å². The number of rotatable bonds is 0. The van der Waals surface area contributed by atoms with Gasteiger partial charge in [-0.05, 0) is 12.1 Å². The first-order valence-corrected chi connectivity index (χ1v) is 3.04. The minimum Gasteiger partial charge on any atom is -0.289 e. The summed E-state index contributed by atoms with van der Waals surface area (Å²) in [5.41, 5.74) is -0.0386. The first kappa shape index (κ1) is 6.36. The normalized spacial score (nSPS) is 9.00. The molecule has 1 aromatic carbocycles. The van der Waals surface area contributed by atoms with Gasteiger partial charge in [0.05, 0.1) is 4.90 Å². The van der Waals surface area contributed by atoms with Crippen molar-refractivity contribution < 1.29 is 0 Å². The zero-order valence-corrected chi connectivity index (χ0v) is 5.64. The summed E-state index contributed by atoms with van der Waals surface area (Å²) >= 11 is 3.93. The fraction of sp³-hybridized carbons (Fsp3) is 0. The highest BCUT2D eigenvalue weighted by Gasteiger charge is 1.83. The van der Waals surface area contributed by atoms with Crippen LogP contribution < -0.4 is 5.43 Å². The van der Waals surface area contributed by atoms with E-state index in [-0.39, 0.29) is 5.43 Å². The van der Waals surface area contributed by atoms with Crippen molar-refractivity contribution >= 4 is 12.6 Å². The van der Waals surface area contributed by atoms with Crippen LogP contribution in [0.25, 0.3) is 0 Å². The molecule has 0 amide bonds. The van der Waals surface area contributed by atoms with Crippen LogP contribution in [0.3, 0.4) is 0 Å². The Balaban J connectivity index is 3.42. The number of hydrogen-bond donors (Lipinski definition) is 1. The third-order valence-corrected chi connectivity index (χ3v) is 1.35. The molecule has 0 N–H and O–H groups in total. The topological polar surface area (TPSA) is 17.1 Å². The van der Waals surface area contributed by atoms with Crippen molar-refractivity contribution in [2.75, 3.05) is 0 Å². The van der Waals surface area contributed by atoms with Crippen LogP contribution in [-0.4, -0.2) is 0 Å². The van der Waals surface area contributed by atoms with Gasteiger partial charge in [-0.3, -0.25) is 4.79 Å². The molecule has 0 saturated heterocycles. The van der Waals surface area contributed by atoms with Crippen molar-refractivity contribution in [2.24, 2.45) is 0 Å². The summed E-state index contributed by atoms with van der Waals surface area (Å²) in [4.78, 5) is 11.2.